The molecule has 1 fully saturated rings. The van der Waals surface area contributed by atoms with Gasteiger partial charge in [0.25, 0.3) is 0 Å². The van der Waals surface area contributed by atoms with Crippen LogP contribution >= 0.6 is 0 Å². The molecule has 1 saturated heterocycles. The molecule has 0 aromatic rings. The Morgan fingerprint density at radius 1 is 1.53 bits per heavy atom. The lowest BCUT2D eigenvalue weighted by molar-refractivity contribution is 0.154. The highest BCUT2D eigenvalue weighted by Crippen LogP contribution is 2.22. The van der Waals surface area contributed by atoms with E-state index in [2.05, 4.69) is 0 Å². The Morgan fingerprint density at radius 3 is 2.73 bits per heavy atom. The van der Waals surface area contributed by atoms with Gasteiger partial charge < -0.3 is 10.8 Å². The van der Waals surface area contributed by atoms with Crippen molar-refractivity contribution in [3.63, 3.8) is 0 Å². The molecule has 0 radical (unpaired) electrons. The molecular weight excluding hydrogens is 216 g/mol. The van der Waals surface area contributed by atoms with Gasteiger partial charge in [-0.3, -0.25) is 0 Å². The predicted molar refractivity (Wildman–Crippen MR) is 58.9 cm³/mol. The first-order chi connectivity index (χ1) is 7.04. The number of sulfonamides is 1. The first-order valence-corrected chi connectivity index (χ1v) is 6.86. The highest BCUT2D eigenvalue weighted by molar-refractivity contribution is 7.89. The predicted octanol–water partition coefficient (Wildman–Crippen LogP) is -0.490. The number of piperidine rings is 1. The number of hydrogen-bond donors (Lipinski definition) is 2. The van der Waals surface area contributed by atoms with E-state index in [1.807, 2.05) is 0 Å². The molecule has 0 bridgehead atoms. The topological polar surface area (TPSA) is 83.6 Å². The zero-order chi connectivity index (χ0) is 11.5. The van der Waals surface area contributed by atoms with Crippen LogP contribution in [0.1, 0.15) is 26.2 Å². The Hall–Kier alpha value is -0.170. The summed E-state index contributed by atoms with van der Waals surface area (Å²) in [5.41, 5.74) is 5.38. The zero-order valence-electron chi connectivity index (χ0n) is 9.09. The van der Waals surface area contributed by atoms with E-state index in [-0.39, 0.29) is 19.2 Å². The highest BCUT2D eigenvalue weighted by Gasteiger charge is 2.34. The molecule has 1 rings (SSSR count). The van der Waals surface area contributed by atoms with Gasteiger partial charge in [-0.2, -0.15) is 4.31 Å². The summed E-state index contributed by atoms with van der Waals surface area (Å²) in [5, 5.41) is 8.58. The van der Waals surface area contributed by atoms with E-state index in [1.165, 1.54) is 4.31 Å². The summed E-state index contributed by atoms with van der Waals surface area (Å²) in [4.78, 5) is 0. The van der Waals surface area contributed by atoms with Crippen LogP contribution < -0.4 is 5.73 Å². The number of nitrogens with two attached hydrogens (primary N) is 1. The van der Waals surface area contributed by atoms with Gasteiger partial charge >= 0.3 is 0 Å². The van der Waals surface area contributed by atoms with Crippen LogP contribution in [-0.2, 0) is 10.0 Å². The molecule has 90 valence electrons. The molecule has 1 heterocycles. The number of aliphatic hydroxyl groups excluding tert-OH is 1. The minimum Gasteiger partial charge on any atom is -0.395 e. The Balaban J connectivity index is 2.83. The van der Waals surface area contributed by atoms with Gasteiger partial charge in [0.2, 0.25) is 10.0 Å². The van der Waals surface area contributed by atoms with Crippen molar-refractivity contribution >= 4 is 10.0 Å². The van der Waals surface area contributed by atoms with Gasteiger partial charge in [0, 0.05) is 19.1 Å². The van der Waals surface area contributed by atoms with Crippen molar-refractivity contribution in [1.29, 1.82) is 0 Å². The Labute approximate surface area is 91.3 Å². The van der Waals surface area contributed by atoms with Crippen molar-refractivity contribution in [3.8, 4) is 0 Å². The van der Waals surface area contributed by atoms with E-state index in [0.29, 0.717) is 6.54 Å². The van der Waals surface area contributed by atoms with E-state index in [1.54, 1.807) is 6.92 Å². The SMILES string of the molecule is CC(CN)S(=O)(=O)N1CCCCC1CO. The summed E-state index contributed by atoms with van der Waals surface area (Å²) >= 11 is 0. The highest BCUT2D eigenvalue weighted by atomic mass is 32.2. The maximum Gasteiger partial charge on any atom is 0.218 e. The van der Waals surface area contributed by atoms with Crippen molar-refractivity contribution in [1.82, 2.24) is 4.31 Å². The van der Waals surface area contributed by atoms with Crippen molar-refractivity contribution in [2.75, 3.05) is 19.7 Å². The van der Waals surface area contributed by atoms with Crippen LogP contribution in [0.25, 0.3) is 0 Å². The van der Waals surface area contributed by atoms with E-state index in [9.17, 15) is 8.42 Å². The fourth-order valence-corrected chi connectivity index (χ4v) is 3.52. The molecular formula is C9H20N2O3S. The summed E-state index contributed by atoms with van der Waals surface area (Å²) in [6.45, 7) is 2.14. The van der Waals surface area contributed by atoms with Crippen LogP contribution in [0.3, 0.4) is 0 Å². The fourth-order valence-electron chi connectivity index (χ4n) is 1.84. The van der Waals surface area contributed by atoms with E-state index in [4.69, 9.17) is 10.8 Å². The van der Waals surface area contributed by atoms with Crippen molar-refractivity contribution in [2.45, 2.75) is 37.5 Å². The minimum atomic E-state index is -3.33. The molecule has 1 aliphatic heterocycles. The molecule has 5 nitrogen and oxygen atoms in total. The van der Waals surface area contributed by atoms with Crippen LogP contribution in [0.4, 0.5) is 0 Å². The lowest BCUT2D eigenvalue weighted by Gasteiger charge is -2.35. The van der Waals surface area contributed by atoms with Crippen LogP contribution in [0.15, 0.2) is 0 Å². The first-order valence-electron chi connectivity index (χ1n) is 5.35. The van der Waals surface area contributed by atoms with Gasteiger partial charge in [0.15, 0.2) is 0 Å². The molecule has 1 aliphatic rings. The zero-order valence-corrected chi connectivity index (χ0v) is 9.91. The van der Waals surface area contributed by atoms with E-state index < -0.39 is 15.3 Å². The average molecular weight is 236 g/mol. The van der Waals surface area contributed by atoms with Gasteiger partial charge in [0.1, 0.15) is 0 Å². The second-order valence-corrected chi connectivity index (χ2v) is 6.34. The molecule has 0 saturated carbocycles. The Bertz CT molecular complexity index is 292. The van der Waals surface area contributed by atoms with Crippen LogP contribution in [0, 0.1) is 0 Å². The molecule has 0 aliphatic carbocycles. The lowest BCUT2D eigenvalue weighted by Crippen LogP contribution is -2.50. The number of hydrogen-bond acceptors (Lipinski definition) is 4. The van der Waals surface area contributed by atoms with Crippen LogP contribution in [0.2, 0.25) is 0 Å². The summed E-state index contributed by atoms with van der Waals surface area (Å²) in [6.07, 6.45) is 2.59. The Morgan fingerprint density at radius 2 is 2.20 bits per heavy atom. The maximum atomic E-state index is 12.0. The largest absolute Gasteiger partial charge is 0.395 e. The smallest absolute Gasteiger partial charge is 0.218 e. The quantitative estimate of drug-likeness (QED) is 0.690. The molecule has 2 atom stereocenters. The van der Waals surface area contributed by atoms with E-state index >= 15 is 0 Å². The molecule has 15 heavy (non-hydrogen) atoms. The van der Waals surface area contributed by atoms with Crippen molar-refractivity contribution in [3.05, 3.63) is 0 Å². The second kappa shape index (κ2) is 5.25. The third-order valence-electron chi connectivity index (χ3n) is 2.95. The normalized spacial score (nSPS) is 26.5. The monoisotopic (exact) mass is 236 g/mol. The summed E-state index contributed by atoms with van der Waals surface area (Å²) < 4.78 is 25.5. The van der Waals surface area contributed by atoms with Gasteiger partial charge in [-0.25, -0.2) is 8.42 Å². The average Bonchev–Trinajstić information content (AvgIpc) is 2.27. The first kappa shape index (κ1) is 12.9. The van der Waals surface area contributed by atoms with Gasteiger partial charge in [-0.1, -0.05) is 6.42 Å². The molecule has 2 unspecified atom stereocenters. The lowest BCUT2D eigenvalue weighted by atomic mass is 10.1. The van der Waals surface area contributed by atoms with Gasteiger partial charge in [-0.15, -0.1) is 0 Å². The van der Waals surface area contributed by atoms with Crippen LogP contribution in [0.5, 0.6) is 0 Å². The fraction of sp³-hybridized carbons (Fsp3) is 1.00. The maximum absolute atomic E-state index is 12.0. The second-order valence-electron chi connectivity index (χ2n) is 4.03. The standard InChI is InChI=1S/C9H20N2O3S/c1-8(6-10)15(13,14)11-5-3-2-4-9(11)7-12/h8-9,12H,2-7,10H2,1H3. The van der Waals surface area contributed by atoms with Gasteiger partial charge in [-0.05, 0) is 19.8 Å². The Kier molecular flexibility index (Phi) is 4.51. The molecule has 0 aromatic heterocycles. The third kappa shape index (κ3) is 2.69. The molecule has 6 heteroatoms. The van der Waals surface area contributed by atoms with Crippen molar-refractivity contribution < 1.29 is 13.5 Å². The molecule has 0 aromatic carbocycles. The molecule has 3 N–H and O–H groups in total. The van der Waals surface area contributed by atoms with Crippen molar-refractivity contribution in [2.24, 2.45) is 5.73 Å². The summed E-state index contributed by atoms with van der Waals surface area (Å²) in [7, 11) is -3.33. The number of aliphatic hydroxyl groups is 1. The van der Waals surface area contributed by atoms with Crippen LogP contribution in [-0.4, -0.2) is 48.8 Å². The summed E-state index contributed by atoms with van der Waals surface area (Å²) in [5.74, 6) is 0. The van der Waals surface area contributed by atoms with Gasteiger partial charge in [0.05, 0.1) is 11.9 Å². The molecule has 0 amide bonds. The number of rotatable bonds is 4. The van der Waals surface area contributed by atoms with E-state index in [0.717, 1.165) is 19.3 Å². The summed E-state index contributed by atoms with van der Waals surface area (Å²) in [6, 6.07) is -0.252. The number of nitrogens with zero attached hydrogens (tertiary/aromatic N) is 1. The third-order valence-corrected chi connectivity index (χ3v) is 5.30. The molecule has 0 spiro atoms. The minimum absolute atomic E-state index is 0.101.